The molecule has 0 atom stereocenters. The Morgan fingerprint density at radius 2 is 1.50 bits per heavy atom. The highest BCUT2D eigenvalue weighted by Crippen LogP contribution is 2.26. The van der Waals surface area contributed by atoms with Crippen molar-refractivity contribution in [1.82, 2.24) is 0 Å². The van der Waals surface area contributed by atoms with Crippen molar-refractivity contribution in [3.05, 3.63) is 65.2 Å². The minimum absolute atomic E-state index is 0.780. The summed E-state index contributed by atoms with van der Waals surface area (Å²) < 4.78 is 7.41. The van der Waals surface area contributed by atoms with Crippen LogP contribution in [0.25, 0.3) is 0 Å². The zero-order valence-corrected chi connectivity index (χ0v) is 15.7. The molecule has 2 heteroatoms. The minimum Gasteiger partial charge on any atom is -0.487 e. The van der Waals surface area contributed by atoms with Gasteiger partial charge in [0.2, 0.25) is 0 Å². The van der Waals surface area contributed by atoms with E-state index in [9.17, 15) is 0 Å². The molecule has 2 rings (SSSR count). The first-order valence-corrected chi connectivity index (χ1v) is 9.24. The van der Waals surface area contributed by atoms with Crippen molar-refractivity contribution in [2.24, 2.45) is 0 Å². The van der Waals surface area contributed by atoms with E-state index in [4.69, 9.17) is 4.74 Å². The third kappa shape index (κ3) is 4.61. The molecule has 0 aromatic heterocycles. The monoisotopic (exact) mass is 326 g/mol. The number of quaternary nitrogens is 1. The summed E-state index contributed by atoms with van der Waals surface area (Å²) in [5.41, 5.74) is 3.84. The zero-order chi connectivity index (χ0) is 17.4. The molecule has 0 aliphatic carbocycles. The van der Waals surface area contributed by atoms with Crippen molar-refractivity contribution >= 4 is 0 Å². The first kappa shape index (κ1) is 18.5. The number of rotatable bonds is 9. The first-order chi connectivity index (χ1) is 11.6. The molecule has 2 nitrogen and oxygen atoms in total. The van der Waals surface area contributed by atoms with Gasteiger partial charge in [0.05, 0.1) is 19.6 Å². The van der Waals surface area contributed by atoms with Crippen LogP contribution in [0.2, 0.25) is 0 Å². The van der Waals surface area contributed by atoms with Gasteiger partial charge in [-0.1, -0.05) is 48.5 Å². The van der Waals surface area contributed by atoms with Crippen LogP contribution < -0.4 is 4.74 Å². The second-order valence-corrected chi connectivity index (χ2v) is 6.59. The lowest BCUT2D eigenvalue weighted by molar-refractivity contribution is -0.923. The summed E-state index contributed by atoms with van der Waals surface area (Å²) in [5, 5.41) is 0. The normalized spacial score (nSPS) is 11.5. The van der Waals surface area contributed by atoms with Gasteiger partial charge in [-0.2, -0.15) is 0 Å². The molecule has 0 heterocycles. The summed E-state index contributed by atoms with van der Waals surface area (Å²) in [5.74, 6) is 1.07. The van der Waals surface area contributed by atoms with Crippen LogP contribution in [0.15, 0.2) is 48.5 Å². The number of aryl methyl sites for hydroxylation is 1. The molecular weight excluding hydrogens is 294 g/mol. The fourth-order valence-corrected chi connectivity index (χ4v) is 3.36. The maximum Gasteiger partial charge on any atom is 0.137 e. The van der Waals surface area contributed by atoms with E-state index in [0.717, 1.165) is 29.8 Å². The van der Waals surface area contributed by atoms with Crippen molar-refractivity contribution in [3.63, 3.8) is 0 Å². The fourth-order valence-electron chi connectivity index (χ4n) is 3.36. The standard InChI is InChI=1S/C22H32NO/c1-5-23(6-2,7-3)16-17-24-22-19(4)12-11-15-21(22)18-20-13-9-8-10-14-20/h8-15H,5-7,16-18H2,1-4H3/q+1. The Kier molecular flexibility index (Phi) is 6.86. The van der Waals surface area contributed by atoms with Gasteiger partial charge >= 0.3 is 0 Å². The SMILES string of the molecule is CC[N+](CC)(CC)CCOc1c(C)cccc1Cc1ccccc1. The third-order valence-corrected chi connectivity index (χ3v) is 5.36. The van der Waals surface area contributed by atoms with Crippen LogP contribution in [0.4, 0.5) is 0 Å². The molecule has 0 unspecified atom stereocenters. The smallest absolute Gasteiger partial charge is 0.137 e. The Balaban J connectivity index is 2.09. The third-order valence-electron chi connectivity index (χ3n) is 5.36. The molecule has 0 saturated heterocycles. The molecule has 0 amide bonds. The van der Waals surface area contributed by atoms with Crippen LogP contribution in [-0.4, -0.2) is 37.3 Å². The number of hydrogen-bond donors (Lipinski definition) is 0. The number of hydrogen-bond acceptors (Lipinski definition) is 1. The second-order valence-electron chi connectivity index (χ2n) is 6.59. The highest BCUT2D eigenvalue weighted by Gasteiger charge is 2.20. The second kappa shape index (κ2) is 8.89. The molecule has 0 bridgehead atoms. The number of ether oxygens (including phenoxy) is 1. The van der Waals surface area contributed by atoms with Crippen molar-refractivity contribution in [3.8, 4) is 5.75 Å². The van der Waals surface area contributed by atoms with Gasteiger partial charge in [0.1, 0.15) is 18.9 Å². The van der Waals surface area contributed by atoms with Gasteiger partial charge in [-0.05, 0) is 44.4 Å². The Bertz CT molecular complexity index is 609. The molecule has 0 radical (unpaired) electrons. The molecule has 0 spiro atoms. The number of likely N-dealkylation sites (N-methyl/N-ethyl adjacent to an activating group) is 1. The van der Waals surface area contributed by atoms with E-state index in [-0.39, 0.29) is 0 Å². The van der Waals surface area contributed by atoms with E-state index < -0.39 is 0 Å². The van der Waals surface area contributed by atoms with Gasteiger partial charge in [0.25, 0.3) is 0 Å². The maximum atomic E-state index is 6.29. The topological polar surface area (TPSA) is 9.23 Å². The predicted octanol–water partition coefficient (Wildman–Crippen LogP) is 4.84. The predicted molar refractivity (Wildman–Crippen MR) is 103 cm³/mol. The first-order valence-electron chi connectivity index (χ1n) is 9.24. The number of nitrogens with zero attached hydrogens (tertiary/aromatic N) is 1. The molecule has 24 heavy (non-hydrogen) atoms. The molecule has 130 valence electrons. The zero-order valence-electron chi connectivity index (χ0n) is 15.7. The summed E-state index contributed by atoms with van der Waals surface area (Å²) in [4.78, 5) is 0. The van der Waals surface area contributed by atoms with Crippen LogP contribution >= 0.6 is 0 Å². The van der Waals surface area contributed by atoms with Crippen LogP contribution in [0.1, 0.15) is 37.5 Å². The summed E-state index contributed by atoms with van der Waals surface area (Å²) in [6, 6.07) is 17.1. The van der Waals surface area contributed by atoms with Crippen LogP contribution in [0.3, 0.4) is 0 Å². The molecule has 0 saturated carbocycles. The Labute approximate surface area is 147 Å². The van der Waals surface area contributed by atoms with Gasteiger partial charge in [-0.3, -0.25) is 0 Å². The molecule has 0 N–H and O–H groups in total. The maximum absolute atomic E-state index is 6.29. The fraction of sp³-hybridized carbons (Fsp3) is 0.455. The lowest BCUT2D eigenvalue weighted by Crippen LogP contribution is -2.49. The van der Waals surface area contributed by atoms with Crippen LogP contribution in [-0.2, 0) is 6.42 Å². The van der Waals surface area contributed by atoms with Gasteiger partial charge in [-0.15, -0.1) is 0 Å². The van der Waals surface area contributed by atoms with Crippen LogP contribution in [0, 0.1) is 6.92 Å². The molecular formula is C22H32NO+. The number of para-hydroxylation sites is 1. The largest absolute Gasteiger partial charge is 0.487 e. The number of benzene rings is 2. The lowest BCUT2D eigenvalue weighted by Gasteiger charge is -2.35. The average Bonchev–Trinajstić information content (AvgIpc) is 2.62. The molecule has 2 aromatic carbocycles. The van der Waals surface area contributed by atoms with Gasteiger partial charge in [0.15, 0.2) is 0 Å². The van der Waals surface area contributed by atoms with E-state index >= 15 is 0 Å². The highest BCUT2D eigenvalue weighted by atomic mass is 16.5. The summed E-state index contributed by atoms with van der Waals surface area (Å²) in [6.07, 6.45) is 0.924. The van der Waals surface area contributed by atoms with Gasteiger partial charge in [-0.25, -0.2) is 0 Å². The quantitative estimate of drug-likeness (QED) is 0.599. The van der Waals surface area contributed by atoms with E-state index in [2.05, 4.69) is 76.2 Å². The van der Waals surface area contributed by atoms with Crippen molar-refractivity contribution in [2.75, 3.05) is 32.8 Å². The van der Waals surface area contributed by atoms with E-state index in [1.54, 1.807) is 0 Å². The van der Waals surface area contributed by atoms with E-state index in [0.29, 0.717) is 0 Å². The molecule has 0 fully saturated rings. The van der Waals surface area contributed by atoms with Crippen molar-refractivity contribution < 1.29 is 9.22 Å². The Morgan fingerprint density at radius 3 is 2.12 bits per heavy atom. The van der Waals surface area contributed by atoms with Crippen molar-refractivity contribution in [1.29, 1.82) is 0 Å². The summed E-state index contributed by atoms with van der Waals surface area (Å²) in [6.45, 7) is 14.3. The molecule has 0 aliphatic heterocycles. The summed E-state index contributed by atoms with van der Waals surface area (Å²) in [7, 11) is 0. The van der Waals surface area contributed by atoms with Crippen molar-refractivity contribution in [2.45, 2.75) is 34.1 Å². The molecule has 0 aliphatic rings. The highest BCUT2D eigenvalue weighted by molar-refractivity contribution is 5.43. The van der Waals surface area contributed by atoms with Gasteiger partial charge < -0.3 is 9.22 Å². The molecule has 2 aromatic rings. The van der Waals surface area contributed by atoms with Crippen LogP contribution in [0.5, 0.6) is 5.75 Å². The van der Waals surface area contributed by atoms with Gasteiger partial charge in [0, 0.05) is 6.42 Å². The lowest BCUT2D eigenvalue weighted by atomic mass is 10.0. The summed E-state index contributed by atoms with van der Waals surface area (Å²) >= 11 is 0. The van der Waals surface area contributed by atoms with E-state index in [1.807, 2.05) is 0 Å². The Morgan fingerprint density at radius 1 is 0.833 bits per heavy atom. The van der Waals surface area contributed by atoms with E-state index in [1.165, 1.54) is 36.3 Å². The Hall–Kier alpha value is -1.80. The average molecular weight is 327 g/mol. The minimum atomic E-state index is 0.780.